The Kier molecular flexibility index (Phi) is 5.49. The molecule has 1 atom stereocenters. The van der Waals surface area contributed by atoms with E-state index >= 15 is 0 Å². The summed E-state index contributed by atoms with van der Waals surface area (Å²) in [4.78, 5) is 26.7. The van der Waals surface area contributed by atoms with Gasteiger partial charge in [-0.3, -0.25) is 9.78 Å². The Hall–Kier alpha value is -2.91. The van der Waals surface area contributed by atoms with Gasteiger partial charge in [0.05, 0.1) is 24.1 Å². The number of aryl methyl sites for hydroxylation is 1. The maximum absolute atomic E-state index is 12.8. The first-order chi connectivity index (χ1) is 14.6. The van der Waals surface area contributed by atoms with Gasteiger partial charge in [-0.05, 0) is 44.6 Å². The normalized spacial score (nSPS) is 23.1. The number of likely N-dealkylation sites (N-methyl/N-ethyl adjacent to an activating group) is 1. The molecule has 31 heavy (non-hydrogen) atoms. The number of carbonyl (C=O) groups is 1. The summed E-state index contributed by atoms with van der Waals surface area (Å²) in [5.41, 5.74) is 0.583. The van der Waals surface area contributed by atoms with E-state index in [2.05, 4.69) is 20.3 Å². The van der Waals surface area contributed by atoms with Crippen LogP contribution in [-0.4, -0.2) is 40.6 Å². The van der Waals surface area contributed by atoms with Crippen molar-refractivity contribution < 1.29 is 22.7 Å². The van der Waals surface area contributed by atoms with Gasteiger partial charge in [-0.2, -0.15) is 13.2 Å². The number of hydrogen-bond acceptors (Lipinski definition) is 6. The number of halogens is 3. The van der Waals surface area contributed by atoms with E-state index in [1.54, 1.807) is 0 Å². The number of ether oxygens (including phenoxy) is 1. The Balaban J connectivity index is 1.32. The van der Waals surface area contributed by atoms with Crippen LogP contribution in [0, 0.1) is 18.8 Å². The predicted molar refractivity (Wildman–Crippen MR) is 108 cm³/mol. The summed E-state index contributed by atoms with van der Waals surface area (Å²) in [5, 5.41) is 2.87. The molecular formula is C21H24F3N5O2. The van der Waals surface area contributed by atoms with E-state index in [-0.39, 0.29) is 23.6 Å². The molecule has 0 spiro atoms. The van der Waals surface area contributed by atoms with Crippen molar-refractivity contribution in [2.24, 2.45) is 11.8 Å². The van der Waals surface area contributed by atoms with Crippen molar-refractivity contribution in [1.29, 1.82) is 0 Å². The Morgan fingerprint density at radius 2 is 1.97 bits per heavy atom. The van der Waals surface area contributed by atoms with Gasteiger partial charge in [0.15, 0.2) is 5.82 Å². The number of fused-ring (bicyclic) bond motifs is 1. The summed E-state index contributed by atoms with van der Waals surface area (Å²) >= 11 is 0. The number of pyridine rings is 1. The zero-order chi connectivity index (χ0) is 22.3. The fourth-order valence-electron chi connectivity index (χ4n) is 4.00. The molecule has 1 fully saturated rings. The highest BCUT2D eigenvalue weighted by Gasteiger charge is 2.34. The molecule has 7 nitrogen and oxygen atoms in total. The molecule has 2 aliphatic rings. The van der Waals surface area contributed by atoms with Crippen molar-refractivity contribution in [2.75, 3.05) is 23.9 Å². The zero-order valence-corrected chi connectivity index (χ0v) is 17.5. The van der Waals surface area contributed by atoms with E-state index in [1.807, 2.05) is 25.8 Å². The number of alkyl halides is 3. The first kappa shape index (κ1) is 21.3. The largest absolute Gasteiger partial charge is 0.492 e. The average molecular weight is 435 g/mol. The van der Waals surface area contributed by atoms with Crippen LogP contribution in [0.2, 0.25) is 0 Å². The lowest BCUT2D eigenvalue weighted by Gasteiger charge is -2.36. The minimum atomic E-state index is -4.43. The van der Waals surface area contributed by atoms with Gasteiger partial charge in [-0.1, -0.05) is 0 Å². The lowest BCUT2D eigenvalue weighted by atomic mass is 9.73. The molecule has 1 saturated carbocycles. The van der Waals surface area contributed by atoms with Crippen LogP contribution in [0.1, 0.15) is 36.8 Å². The third-order valence-corrected chi connectivity index (χ3v) is 5.99. The minimum Gasteiger partial charge on any atom is -0.492 e. The van der Waals surface area contributed by atoms with Crippen LogP contribution in [0.3, 0.4) is 0 Å². The van der Waals surface area contributed by atoms with Crippen molar-refractivity contribution in [2.45, 2.75) is 45.3 Å². The van der Waals surface area contributed by atoms with Crippen LogP contribution in [0.5, 0.6) is 5.75 Å². The monoisotopic (exact) mass is 435 g/mol. The third-order valence-electron chi connectivity index (χ3n) is 5.99. The third kappa shape index (κ3) is 4.42. The van der Waals surface area contributed by atoms with E-state index in [0.717, 1.165) is 42.4 Å². The van der Waals surface area contributed by atoms with Crippen LogP contribution in [0.4, 0.5) is 24.7 Å². The Morgan fingerprint density at radius 3 is 2.68 bits per heavy atom. The minimum absolute atomic E-state index is 0.0766. The molecule has 10 heteroatoms. The van der Waals surface area contributed by atoms with Gasteiger partial charge < -0.3 is 15.0 Å². The fourth-order valence-corrected chi connectivity index (χ4v) is 4.00. The average Bonchev–Trinajstić information content (AvgIpc) is 2.68. The molecule has 1 amide bonds. The van der Waals surface area contributed by atoms with Gasteiger partial charge in [-0.25, -0.2) is 9.97 Å². The van der Waals surface area contributed by atoms with Crippen LogP contribution >= 0.6 is 0 Å². The Morgan fingerprint density at radius 1 is 1.23 bits per heavy atom. The highest BCUT2D eigenvalue weighted by molar-refractivity contribution is 6.02. The zero-order valence-electron chi connectivity index (χ0n) is 17.5. The van der Waals surface area contributed by atoms with E-state index in [1.165, 1.54) is 6.20 Å². The first-order valence-electron chi connectivity index (χ1n) is 10.2. The smallest absolute Gasteiger partial charge is 0.418 e. The van der Waals surface area contributed by atoms with Crippen molar-refractivity contribution in [3.05, 3.63) is 35.5 Å². The van der Waals surface area contributed by atoms with Crippen molar-refractivity contribution >= 4 is 17.4 Å². The lowest BCUT2D eigenvalue weighted by molar-refractivity contribution is -0.138. The molecule has 166 valence electrons. The van der Waals surface area contributed by atoms with Gasteiger partial charge in [0.1, 0.15) is 23.3 Å². The predicted octanol–water partition coefficient (Wildman–Crippen LogP) is 3.62. The number of carbonyl (C=O) groups excluding carboxylic acids is 1. The molecule has 3 heterocycles. The van der Waals surface area contributed by atoms with Gasteiger partial charge in [0.2, 0.25) is 5.91 Å². The lowest BCUT2D eigenvalue weighted by Crippen LogP contribution is -2.45. The number of amides is 1. The summed E-state index contributed by atoms with van der Waals surface area (Å²) in [6.07, 6.45) is 0.160. The second kappa shape index (κ2) is 7.97. The topological polar surface area (TPSA) is 80.2 Å². The Bertz CT molecular complexity index is 991. The molecule has 1 N–H and O–H groups in total. The van der Waals surface area contributed by atoms with E-state index in [9.17, 15) is 18.0 Å². The molecule has 0 bridgehead atoms. The molecule has 0 unspecified atom stereocenters. The number of rotatable bonds is 5. The number of hydrogen-bond donors (Lipinski definition) is 1. The van der Waals surface area contributed by atoms with Gasteiger partial charge in [-0.15, -0.1) is 0 Å². The summed E-state index contributed by atoms with van der Waals surface area (Å²) < 4.78 is 43.8. The molecule has 1 aliphatic heterocycles. The summed E-state index contributed by atoms with van der Waals surface area (Å²) in [7, 11) is 1.85. The van der Waals surface area contributed by atoms with Crippen LogP contribution < -0.4 is 15.0 Å². The van der Waals surface area contributed by atoms with Crippen LogP contribution in [-0.2, 0) is 17.4 Å². The maximum Gasteiger partial charge on any atom is 0.418 e. The number of anilines is 2. The highest BCUT2D eigenvalue weighted by atomic mass is 19.4. The number of nitrogens with one attached hydrogen (secondary N) is 1. The van der Waals surface area contributed by atoms with Crippen LogP contribution in [0.25, 0.3) is 0 Å². The molecular weight excluding hydrogens is 411 g/mol. The molecule has 0 radical (unpaired) electrons. The van der Waals surface area contributed by atoms with Crippen molar-refractivity contribution in [3.8, 4) is 5.75 Å². The maximum atomic E-state index is 12.8. The molecule has 1 aliphatic carbocycles. The quantitative estimate of drug-likeness (QED) is 0.773. The van der Waals surface area contributed by atoms with Gasteiger partial charge >= 0.3 is 6.18 Å². The molecule has 4 rings (SSSR count). The SMILES string of the molecule is Cc1nc(CC2CC(COc3cncc(C(F)(F)F)c3)C2)nc2c1NC(=O)[C@H](C)N2C. The number of nitrogens with zero attached hydrogens (tertiary/aromatic N) is 4. The fraction of sp³-hybridized carbons (Fsp3) is 0.524. The molecule has 2 aromatic heterocycles. The Labute approximate surface area is 178 Å². The summed E-state index contributed by atoms with van der Waals surface area (Å²) in [5.74, 6) is 2.19. The number of aromatic nitrogens is 3. The van der Waals surface area contributed by atoms with E-state index < -0.39 is 11.7 Å². The first-order valence-corrected chi connectivity index (χ1v) is 10.2. The highest BCUT2D eigenvalue weighted by Crippen LogP contribution is 2.38. The second-order valence-corrected chi connectivity index (χ2v) is 8.33. The molecule has 0 saturated heterocycles. The molecule has 0 aromatic carbocycles. The summed E-state index contributed by atoms with van der Waals surface area (Å²) in [6.45, 7) is 4.04. The van der Waals surface area contributed by atoms with E-state index in [4.69, 9.17) is 4.74 Å². The van der Waals surface area contributed by atoms with E-state index in [0.29, 0.717) is 24.6 Å². The molecule has 2 aromatic rings. The van der Waals surface area contributed by atoms with Crippen molar-refractivity contribution in [3.63, 3.8) is 0 Å². The summed E-state index contributed by atoms with van der Waals surface area (Å²) in [6, 6.07) is 0.675. The van der Waals surface area contributed by atoms with Crippen molar-refractivity contribution in [1.82, 2.24) is 15.0 Å². The second-order valence-electron chi connectivity index (χ2n) is 8.33. The van der Waals surface area contributed by atoms with Crippen LogP contribution in [0.15, 0.2) is 18.5 Å². The van der Waals surface area contributed by atoms with Gasteiger partial charge in [0.25, 0.3) is 0 Å². The van der Waals surface area contributed by atoms with Gasteiger partial charge in [0, 0.05) is 19.7 Å². The standard InChI is InChI=1S/C21H24F3N5O2/c1-11-18-19(29(3)12(2)20(30)28-18)27-17(26-11)6-13-4-14(5-13)10-31-16-7-15(8-25-9-16)21(22,23)24/h7-9,12-14H,4-6,10H2,1-3H3,(H,28,30)/t12-,13?,14?/m0/s1.